The number of Topliss-reactive ketones (excluding diaryl/α,β-unsaturated/α-hetero) is 2. The normalized spacial score (nSPS) is 16.7. The van der Waals surface area contributed by atoms with Crippen LogP contribution in [0, 0.1) is 0 Å². The maximum absolute atomic E-state index is 12.8. The van der Waals surface area contributed by atoms with Gasteiger partial charge in [0.05, 0.1) is 0 Å². The molecule has 1 unspecified atom stereocenters. The second-order valence-corrected chi connectivity index (χ2v) is 6.42. The van der Waals surface area contributed by atoms with E-state index < -0.39 is 0 Å². The Morgan fingerprint density at radius 2 is 1.56 bits per heavy atom. The lowest BCUT2D eigenvalue weighted by Gasteiger charge is -2.24. The molecule has 128 valence electrons. The Morgan fingerprint density at radius 1 is 0.920 bits per heavy atom. The van der Waals surface area contributed by atoms with Crippen LogP contribution in [-0.2, 0) is 0 Å². The summed E-state index contributed by atoms with van der Waals surface area (Å²) in [7, 11) is 0. The van der Waals surface area contributed by atoms with Gasteiger partial charge >= 0.3 is 0 Å². The van der Waals surface area contributed by atoms with Gasteiger partial charge in [0.1, 0.15) is 0 Å². The lowest BCUT2D eigenvalue weighted by Crippen LogP contribution is -2.36. The van der Waals surface area contributed by atoms with Crippen LogP contribution in [0.15, 0.2) is 54.6 Å². The molecular weight excluding hydrogens is 314 g/mol. The molecule has 1 aliphatic rings. The summed E-state index contributed by atoms with van der Waals surface area (Å²) < 4.78 is 0. The molecule has 0 bridgehead atoms. The Hall–Kier alpha value is -2.75. The number of hydrogen-bond donors (Lipinski definition) is 0. The summed E-state index contributed by atoms with van der Waals surface area (Å²) in [4.78, 5) is 38.4. The van der Waals surface area contributed by atoms with Gasteiger partial charge < -0.3 is 4.90 Å². The first kappa shape index (κ1) is 17.1. The van der Waals surface area contributed by atoms with Crippen molar-refractivity contribution in [1.82, 2.24) is 4.90 Å². The third-order valence-electron chi connectivity index (χ3n) is 4.69. The highest BCUT2D eigenvalue weighted by atomic mass is 16.2. The predicted molar refractivity (Wildman–Crippen MR) is 95.9 cm³/mol. The van der Waals surface area contributed by atoms with Crippen molar-refractivity contribution >= 4 is 17.5 Å². The van der Waals surface area contributed by atoms with Crippen molar-refractivity contribution in [3.05, 3.63) is 71.3 Å². The Bertz CT molecular complexity index is 781. The van der Waals surface area contributed by atoms with E-state index in [0.29, 0.717) is 29.7 Å². The zero-order valence-corrected chi connectivity index (χ0v) is 14.3. The minimum atomic E-state index is -0.0709. The van der Waals surface area contributed by atoms with Crippen LogP contribution in [0.5, 0.6) is 0 Å². The van der Waals surface area contributed by atoms with Crippen molar-refractivity contribution in [2.75, 3.05) is 6.54 Å². The maximum atomic E-state index is 12.8. The van der Waals surface area contributed by atoms with Gasteiger partial charge in [-0.1, -0.05) is 42.5 Å². The Morgan fingerprint density at radius 3 is 2.20 bits per heavy atom. The first-order chi connectivity index (χ1) is 12.1. The highest BCUT2D eigenvalue weighted by molar-refractivity contribution is 5.99. The average molecular weight is 335 g/mol. The van der Waals surface area contributed by atoms with E-state index in [4.69, 9.17) is 0 Å². The second-order valence-electron chi connectivity index (χ2n) is 6.42. The van der Waals surface area contributed by atoms with E-state index in [-0.39, 0.29) is 23.5 Å². The van der Waals surface area contributed by atoms with Gasteiger partial charge in [0.25, 0.3) is 5.91 Å². The minimum Gasteiger partial charge on any atom is -0.335 e. The molecule has 0 spiro atoms. The zero-order valence-electron chi connectivity index (χ0n) is 14.3. The molecule has 2 aromatic carbocycles. The number of amides is 1. The molecule has 1 atom stereocenters. The summed E-state index contributed by atoms with van der Waals surface area (Å²) in [5, 5.41) is 0. The molecule has 1 heterocycles. The molecule has 0 N–H and O–H groups in total. The average Bonchev–Trinajstić information content (AvgIpc) is 3.10. The van der Waals surface area contributed by atoms with E-state index in [1.165, 1.54) is 6.92 Å². The molecule has 3 rings (SSSR count). The Kier molecular flexibility index (Phi) is 5.08. The number of hydrogen-bond acceptors (Lipinski definition) is 3. The van der Waals surface area contributed by atoms with Gasteiger partial charge in [-0.3, -0.25) is 14.4 Å². The molecule has 0 aromatic heterocycles. The van der Waals surface area contributed by atoms with Crippen LogP contribution in [0.4, 0.5) is 0 Å². The number of carbonyl (C=O) groups excluding carboxylic acids is 3. The fourth-order valence-electron chi connectivity index (χ4n) is 3.28. The molecular formula is C21H21NO3. The topological polar surface area (TPSA) is 54.5 Å². The standard InChI is InChI=1S/C21H21NO3/c1-15(23)16-9-11-18(12-10-16)21(25)22-13-5-8-19(22)14-20(24)17-6-3-2-4-7-17/h2-4,6-7,9-12,19H,5,8,13-14H2,1H3. The maximum Gasteiger partial charge on any atom is 0.254 e. The van der Waals surface area contributed by atoms with Crippen LogP contribution in [0.2, 0.25) is 0 Å². The molecule has 0 saturated carbocycles. The number of ketones is 2. The third-order valence-corrected chi connectivity index (χ3v) is 4.69. The minimum absolute atomic E-state index is 0.0218. The summed E-state index contributed by atoms with van der Waals surface area (Å²) in [5.74, 6) is -0.0257. The van der Waals surface area contributed by atoms with Crippen LogP contribution in [0.25, 0.3) is 0 Å². The molecule has 4 heteroatoms. The summed E-state index contributed by atoms with van der Waals surface area (Å²) in [5.41, 5.74) is 1.84. The summed E-state index contributed by atoms with van der Waals surface area (Å²) in [6.07, 6.45) is 2.10. The van der Waals surface area contributed by atoms with E-state index in [1.807, 2.05) is 30.3 Å². The SMILES string of the molecule is CC(=O)c1ccc(C(=O)N2CCCC2CC(=O)c2ccccc2)cc1. The van der Waals surface area contributed by atoms with Crippen LogP contribution < -0.4 is 0 Å². The smallest absolute Gasteiger partial charge is 0.254 e. The number of benzene rings is 2. The third kappa shape index (κ3) is 3.85. The van der Waals surface area contributed by atoms with Crippen LogP contribution >= 0.6 is 0 Å². The van der Waals surface area contributed by atoms with Gasteiger partial charge in [-0.2, -0.15) is 0 Å². The molecule has 0 radical (unpaired) electrons. The van der Waals surface area contributed by atoms with Crippen molar-refractivity contribution in [3.8, 4) is 0 Å². The molecule has 0 aliphatic carbocycles. The molecule has 1 fully saturated rings. The van der Waals surface area contributed by atoms with Gasteiger partial charge in [0, 0.05) is 35.7 Å². The monoisotopic (exact) mass is 335 g/mol. The van der Waals surface area contributed by atoms with Crippen LogP contribution in [-0.4, -0.2) is 35.0 Å². The number of likely N-dealkylation sites (tertiary alicyclic amines) is 1. The van der Waals surface area contributed by atoms with E-state index in [9.17, 15) is 14.4 Å². The number of carbonyl (C=O) groups is 3. The molecule has 4 nitrogen and oxygen atoms in total. The molecule has 1 aliphatic heterocycles. The highest BCUT2D eigenvalue weighted by Gasteiger charge is 2.31. The quantitative estimate of drug-likeness (QED) is 0.782. The largest absolute Gasteiger partial charge is 0.335 e. The first-order valence-electron chi connectivity index (χ1n) is 8.56. The van der Waals surface area contributed by atoms with Gasteiger partial charge in [0.2, 0.25) is 0 Å². The van der Waals surface area contributed by atoms with E-state index >= 15 is 0 Å². The number of rotatable bonds is 5. The van der Waals surface area contributed by atoms with Gasteiger partial charge in [-0.05, 0) is 31.9 Å². The lowest BCUT2D eigenvalue weighted by atomic mass is 10.0. The molecule has 1 amide bonds. The molecule has 2 aromatic rings. The number of nitrogens with zero attached hydrogens (tertiary/aromatic N) is 1. The van der Waals surface area contributed by atoms with Crippen LogP contribution in [0.1, 0.15) is 57.3 Å². The lowest BCUT2D eigenvalue weighted by molar-refractivity contribution is 0.0716. The summed E-state index contributed by atoms with van der Waals surface area (Å²) >= 11 is 0. The predicted octanol–water partition coefficient (Wildman–Crippen LogP) is 3.77. The highest BCUT2D eigenvalue weighted by Crippen LogP contribution is 2.24. The first-order valence-corrected chi connectivity index (χ1v) is 8.56. The van der Waals surface area contributed by atoms with E-state index in [0.717, 1.165) is 12.8 Å². The fourth-order valence-corrected chi connectivity index (χ4v) is 3.28. The van der Waals surface area contributed by atoms with E-state index in [2.05, 4.69) is 0 Å². The van der Waals surface area contributed by atoms with Crippen molar-refractivity contribution in [1.29, 1.82) is 0 Å². The fraction of sp³-hybridized carbons (Fsp3) is 0.286. The van der Waals surface area contributed by atoms with Gasteiger partial charge in [0.15, 0.2) is 11.6 Å². The van der Waals surface area contributed by atoms with Crippen molar-refractivity contribution in [2.45, 2.75) is 32.2 Å². The van der Waals surface area contributed by atoms with Crippen molar-refractivity contribution in [2.24, 2.45) is 0 Å². The van der Waals surface area contributed by atoms with E-state index in [1.54, 1.807) is 29.2 Å². The summed E-state index contributed by atoms with van der Waals surface area (Å²) in [6.45, 7) is 2.17. The summed E-state index contributed by atoms with van der Waals surface area (Å²) in [6, 6.07) is 15.9. The van der Waals surface area contributed by atoms with Crippen molar-refractivity contribution < 1.29 is 14.4 Å². The Labute approximate surface area is 147 Å². The van der Waals surface area contributed by atoms with Gasteiger partial charge in [-0.15, -0.1) is 0 Å². The zero-order chi connectivity index (χ0) is 17.8. The van der Waals surface area contributed by atoms with Gasteiger partial charge in [-0.25, -0.2) is 0 Å². The Balaban J connectivity index is 1.71. The molecule has 25 heavy (non-hydrogen) atoms. The van der Waals surface area contributed by atoms with Crippen LogP contribution in [0.3, 0.4) is 0 Å². The second kappa shape index (κ2) is 7.43. The van der Waals surface area contributed by atoms with Crippen molar-refractivity contribution in [3.63, 3.8) is 0 Å². The molecule has 1 saturated heterocycles.